The molecule has 0 spiro atoms. The Balaban J connectivity index is 2.43. The highest BCUT2D eigenvalue weighted by Gasteiger charge is 2.30. The first kappa shape index (κ1) is 16.5. The number of halogens is 3. The van der Waals surface area contributed by atoms with E-state index in [1.54, 1.807) is 30.2 Å². The number of nitrogens with zero attached hydrogens (tertiary/aromatic N) is 2. The molecule has 120 valence electrons. The molecule has 0 aliphatic carbocycles. The number of nitrogens with two attached hydrogens (primary N) is 1. The highest BCUT2D eigenvalue weighted by Crippen LogP contribution is 2.31. The lowest BCUT2D eigenvalue weighted by Gasteiger charge is -2.09. The van der Waals surface area contributed by atoms with Gasteiger partial charge in [-0.2, -0.15) is 18.3 Å². The minimum atomic E-state index is -4.39. The van der Waals surface area contributed by atoms with Crippen molar-refractivity contribution < 1.29 is 18.0 Å². The SMILES string of the molecule is Cn1cc(C(=CC=CC(N)=O)c2ccc(C(F)(F)F)cc2)cn1. The molecule has 0 aliphatic heterocycles. The van der Waals surface area contributed by atoms with Gasteiger partial charge in [0.1, 0.15) is 0 Å². The third kappa shape index (κ3) is 4.32. The number of hydrogen-bond donors (Lipinski definition) is 1. The van der Waals surface area contributed by atoms with Gasteiger partial charge < -0.3 is 5.73 Å². The van der Waals surface area contributed by atoms with Gasteiger partial charge in [-0.15, -0.1) is 0 Å². The first-order valence-electron chi connectivity index (χ1n) is 6.62. The molecule has 4 nitrogen and oxygen atoms in total. The van der Waals surface area contributed by atoms with E-state index in [2.05, 4.69) is 5.10 Å². The van der Waals surface area contributed by atoms with Crippen LogP contribution < -0.4 is 5.73 Å². The van der Waals surface area contributed by atoms with Crippen LogP contribution >= 0.6 is 0 Å². The molecule has 1 heterocycles. The number of carbonyl (C=O) groups is 1. The van der Waals surface area contributed by atoms with E-state index in [-0.39, 0.29) is 0 Å². The van der Waals surface area contributed by atoms with Crippen molar-refractivity contribution in [2.45, 2.75) is 6.18 Å². The van der Waals surface area contributed by atoms with E-state index in [0.717, 1.165) is 12.1 Å². The zero-order valence-electron chi connectivity index (χ0n) is 12.2. The second kappa shape index (κ2) is 6.51. The number of allylic oxidation sites excluding steroid dienone is 2. The van der Waals surface area contributed by atoms with Gasteiger partial charge >= 0.3 is 6.18 Å². The van der Waals surface area contributed by atoms with Gasteiger partial charge in [0.25, 0.3) is 0 Å². The summed E-state index contributed by atoms with van der Waals surface area (Å²) in [7, 11) is 1.73. The largest absolute Gasteiger partial charge is 0.416 e. The van der Waals surface area contributed by atoms with Gasteiger partial charge in [-0.1, -0.05) is 24.3 Å². The number of carbonyl (C=O) groups excluding carboxylic acids is 1. The molecule has 2 rings (SSSR count). The second-order valence-electron chi connectivity index (χ2n) is 4.82. The van der Waals surface area contributed by atoms with Crippen LogP contribution in [0.15, 0.2) is 54.9 Å². The van der Waals surface area contributed by atoms with E-state index >= 15 is 0 Å². The van der Waals surface area contributed by atoms with Crippen LogP contribution in [0.25, 0.3) is 5.57 Å². The Labute approximate surface area is 130 Å². The van der Waals surface area contributed by atoms with Gasteiger partial charge in [-0.3, -0.25) is 9.48 Å². The van der Waals surface area contributed by atoms with Crippen LogP contribution in [0.2, 0.25) is 0 Å². The molecule has 0 unspecified atom stereocenters. The Morgan fingerprint density at radius 2 is 1.87 bits per heavy atom. The van der Waals surface area contributed by atoms with Crippen molar-refractivity contribution in [2.75, 3.05) is 0 Å². The predicted molar refractivity (Wildman–Crippen MR) is 80.1 cm³/mol. The smallest absolute Gasteiger partial charge is 0.366 e. The van der Waals surface area contributed by atoms with Gasteiger partial charge in [0.05, 0.1) is 11.8 Å². The maximum absolute atomic E-state index is 12.6. The number of hydrogen-bond acceptors (Lipinski definition) is 2. The van der Waals surface area contributed by atoms with E-state index in [1.165, 1.54) is 24.3 Å². The van der Waals surface area contributed by atoms with E-state index in [1.807, 2.05) is 0 Å². The van der Waals surface area contributed by atoms with E-state index < -0.39 is 17.6 Å². The van der Waals surface area contributed by atoms with Gasteiger partial charge in [-0.25, -0.2) is 0 Å². The number of primary amides is 1. The van der Waals surface area contributed by atoms with Crippen LogP contribution in [0.1, 0.15) is 16.7 Å². The van der Waals surface area contributed by atoms with Crippen LogP contribution in [0, 0.1) is 0 Å². The predicted octanol–water partition coefficient (Wildman–Crippen LogP) is 2.91. The maximum Gasteiger partial charge on any atom is 0.416 e. The van der Waals surface area contributed by atoms with Crippen molar-refractivity contribution in [1.29, 1.82) is 0 Å². The number of aryl methyl sites for hydroxylation is 1. The number of rotatable bonds is 4. The summed E-state index contributed by atoms with van der Waals surface area (Å²) in [5.41, 5.74) is 6.22. The molecule has 0 atom stereocenters. The van der Waals surface area contributed by atoms with Crippen molar-refractivity contribution >= 4 is 11.5 Å². The Morgan fingerprint density at radius 3 is 2.35 bits per heavy atom. The monoisotopic (exact) mass is 321 g/mol. The molecule has 0 radical (unpaired) electrons. The highest BCUT2D eigenvalue weighted by molar-refractivity contribution is 5.87. The van der Waals surface area contributed by atoms with Crippen LogP contribution in [0.4, 0.5) is 13.2 Å². The third-order valence-electron chi connectivity index (χ3n) is 3.06. The normalized spacial score (nSPS) is 12.8. The Morgan fingerprint density at radius 1 is 1.22 bits per heavy atom. The van der Waals surface area contributed by atoms with Crippen molar-refractivity contribution in [3.63, 3.8) is 0 Å². The molecule has 0 saturated carbocycles. The van der Waals surface area contributed by atoms with Gasteiger partial charge in [0, 0.05) is 24.9 Å². The van der Waals surface area contributed by atoms with Crippen LogP contribution in [0.5, 0.6) is 0 Å². The summed E-state index contributed by atoms with van der Waals surface area (Å²) < 4.78 is 39.5. The summed E-state index contributed by atoms with van der Waals surface area (Å²) in [6, 6.07) is 4.77. The standard InChI is InChI=1S/C16H14F3N3O/c1-22-10-12(9-21-22)14(3-2-4-15(20)23)11-5-7-13(8-6-11)16(17,18)19/h2-10H,1H3,(H2,20,23). The second-order valence-corrected chi connectivity index (χ2v) is 4.82. The minimum Gasteiger partial charge on any atom is -0.366 e. The zero-order valence-corrected chi connectivity index (χ0v) is 12.2. The number of aromatic nitrogens is 2. The lowest BCUT2D eigenvalue weighted by Crippen LogP contribution is -2.05. The molecular weight excluding hydrogens is 307 g/mol. The Hall–Kier alpha value is -2.83. The molecule has 0 fully saturated rings. The van der Waals surface area contributed by atoms with Crippen molar-refractivity contribution in [2.24, 2.45) is 12.8 Å². The lowest BCUT2D eigenvalue weighted by atomic mass is 9.99. The maximum atomic E-state index is 12.6. The summed E-state index contributed by atoms with van der Waals surface area (Å²) >= 11 is 0. The van der Waals surface area contributed by atoms with E-state index in [4.69, 9.17) is 5.73 Å². The minimum absolute atomic E-state index is 0.570. The lowest BCUT2D eigenvalue weighted by molar-refractivity contribution is -0.137. The van der Waals surface area contributed by atoms with Crippen LogP contribution in [-0.2, 0) is 18.0 Å². The fraction of sp³-hybridized carbons (Fsp3) is 0.125. The van der Waals surface area contributed by atoms with Crippen molar-refractivity contribution in [1.82, 2.24) is 9.78 Å². The molecule has 0 bridgehead atoms. The Bertz CT molecular complexity index is 756. The van der Waals surface area contributed by atoms with Gasteiger partial charge in [-0.05, 0) is 23.3 Å². The van der Waals surface area contributed by atoms with E-state index in [9.17, 15) is 18.0 Å². The average Bonchev–Trinajstić information content (AvgIpc) is 2.89. The molecule has 2 aromatic rings. The fourth-order valence-corrected chi connectivity index (χ4v) is 2.00. The number of alkyl halides is 3. The third-order valence-corrected chi connectivity index (χ3v) is 3.06. The van der Waals surface area contributed by atoms with Gasteiger partial charge in [0.2, 0.25) is 5.91 Å². The summed E-state index contributed by atoms with van der Waals surface area (Å²) in [4.78, 5) is 10.8. The van der Waals surface area contributed by atoms with Crippen molar-refractivity contribution in [3.05, 3.63) is 71.6 Å². The molecule has 0 aliphatic rings. The molecule has 2 N–H and O–H groups in total. The zero-order chi connectivity index (χ0) is 17.0. The molecule has 7 heteroatoms. The Kier molecular flexibility index (Phi) is 4.68. The summed E-state index contributed by atoms with van der Waals surface area (Å²) in [5, 5.41) is 4.04. The topological polar surface area (TPSA) is 60.9 Å². The fourth-order valence-electron chi connectivity index (χ4n) is 2.00. The van der Waals surface area contributed by atoms with Gasteiger partial charge in [0.15, 0.2) is 0 Å². The first-order valence-corrected chi connectivity index (χ1v) is 6.62. The molecule has 0 saturated heterocycles. The molecular formula is C16H14F3N3O. The summed E-state index contributed by atoms with van der Waals surface area (Å²) in [6.07, 6.45) is 3.14. The quantitative estimate of drug-likeness (QED) is 0.695. The first-order chi connectivity index (χ1) is 10.8. The van der Waals surface area contributed by atoms with E-state index in [0.29, 0.717) is 16.7 Å². The molecule has 1 aromatic heterocycles. The van der Waals surface area contributed by atoms with Crippen molar-refractivity contribution in [3.8, 4) is 0 Å². The molecule has 1 aromatic carbocycles. The van der Waals surface area contributed by atoms with Crippen LogP contribution in [0.3, 0.4) is 0 Å². The summed E-state index contributed by atoms with van der Waals surface area (Å²) in [5.74, 6) is -0.612. The average molecular weight is 321 g/mol. The molecule has 1 amide bonds. The highest BCUT2D eigenvalue weighted by atomic mass is 19.4. The molecule has 23 heavy (non-hydrogen) atoms. The number of amides is 1. The number of benzene rings is 1. The van der Waals surface area contributed by atoms with Crippen LogP contribution in [-0.4, -0.2) is 15.7 Å². The summed E-state index contributed by atoms with van der Waals surface area (Å²) in [6.45, 7) is 0.